The van der Waals surface area contributed by atoms with Gasteiger partial charge in [0.1, 0.15) is 0 Å². The molecule has 1 nitrogen and oxygen atoms in total. The molecule has 0 amide bonds. The van der Waals surface area contributed by atoms with Crippen molar-refractivity contribution in [3.8, 4) is 0 Å². The third kappa shape index (κ3) is 1.55. The minimum absolute atomic E-state index is 0.399. The van der Waals surface area contributed by atoms with Crippen LogP contribution in [0, 0.1) is 5.92 Å². The molecule has 0 spiro atoms. The zero-order valence-corrected chi connectivity index (χ0v) is 5.84. The largest absolute Gasteiger partial charge is 0.327 e. The first-order valence-electron chi connectivity index (χ1n) is 3.72. The minimum Gasteiger partial charge on any atom is -0.327 e. The van der Waals surface area contributed by atoms with E-state index >= 15 is 0 Å². The average molecular weight is 125 g/mol. The molecule has 2 N–H and O–H groups in total. The van der Waals surface area contributed by atoms with Crippen molar-refractivity contribution in [2.24, 2.45) is 11.7 Å². The topological polar surface area (TPSA) is 26.0 Å². The summed E-state index contributed by atoms with van der Waals surface area (Å²) >= 11 is 0. The molecule has 9 heavy (non-hydrogen) atoms. The second kappa shape index (κ2) is 3.02. The maximum Gasteiger partial charge on any atom is 0.0102 e. The Morgan fingerprint density at radius 1 is 1.33 bits per heavy atom. The molecule has 1 aliphatic rings. The van der Waals surface area contributed by atoms with E-state index in [2.05, 4.69) is 6.58 Å². The van der Waals surface area contributed by atoms with Crippen LogP contribution in [0.1, 0.15) is 25.7 Å². The minimum atomic E-state index is 0.399. The first kappa shape index (κ1) is 6.81. The van der Waals surface area contributed by atoms with Crippen LogP contribution < -0.4 is 5.73 Å². The molecule has 1 saturated carbocycles. The van der Waals surface area contributed by atoms with E-state index in [1.807, 2.05) is 6.08 Å². The molecule has 0 aliphatic heterocycles. The highest BCUT2D eigenvalue weighted by molar-refractivity contribution is 4.89. The lowest BCUT2D eigenvalue weighted by Gasteiger charge is -2.25. The van der Waals surface area contributed by atoms with E-state index < -0.39 is 0 Å². The van der Waals surface area contributed by atoms with Crippen molar-refractivity contribution in [1.82, 2.24) is 0 Å². The van der Waals surface area contributed by atoms with Crippen LogP contribution in [0.25, 0.3) is 0 Å². The molecule has 0 aromatic rings. The summed E-state index contributed by atoms with van der Waals surface area (Å²) in [6.07, 6.45) is 7.10. The van der Waals surface area contributed by atoms with Crippen LogP contribution in [-0.2, 0) is 0 Å². The highest BCUT2D eigenvalue weighted by Gasteiger charge is 2.17. The van der Waals surface area contributed by atoms with E-state index in [9.17, 15) is 0 Å². The SMILES string of the molecule is C=C[C@H]1CCCC[C@@H]1N. The maximum absolute atomic E-state index is 5.82. The highest BCUT2D eigenvalue weighted by Crippen LogP contribution is 2.22. The van der Waals surface area contributed by atoms with Gasteiger partial charge in [-0.05, 0) is 18.8 Å². The van der Waals surface area contributed by atoms with Gasteiger partial charge in [0.25, 0.3) is 0 Å². The van der Waals surface area contributed by atoms with Crippen molar-refractivity contribution < 1.29 is 0 Å². The Morgan fingerprint density at radius 3 is 2.44 bits per heavy atom. The summed E-state index contributed by atoms with van der Waals surface area (Å²) in [5.41, 5.74) is 5.82. The molecule has 1 aliphatic carbocycles. The number of rotatable bonds is 1. The predicted octanol–water partition coefficient (Wildman–Crippen LogP) is 1.69. The molecule has 0 saturated heterocycles. The third-order valence-corrected chi connectivity index (χ3v) is 2.18. The first-order valence-corrected chi connectivity index (χ1v) is 3.72. The lowest BCUT2D eigenvalue weighted by Crippen LogP contribution is -2.31. The first-order chi connectivity index (χ1) is 4.34. The number of hydrogen-bond acceptors (Lipinski definition) is 1. The van der Waals surface area contributed by atoms with E-state index in [0.29, 0.717) is 12.0 Å². The fourth-order valence-electron chi connectivity index (χ4n) is 1.48. The Labute approximate surface area is 56.9 Å². The number of nitrogens with two attached hydrogens (primary N) is 1. The summed E-state index contributed by atoms with van der Waals surface area (Å²) in [4.78, 5) is 0. The summed E-state index contributed by atoms with van der Waals surface area (Å²) in [5.74, 6) is 0.596. The molecule has 0 bridgehead atoms. The van der Waals surface area contributed by atoms with E-state index in [1.165, 1.54) is 25.7 Å². The summed E-state index contributed by atoms with van der Waals surface area (Å²) in [6.45, 7) is 3.75. The Morgan fingerprint density at radius 2 is 2.00 bits per heavy atom. The van der Waals surface area contributed by atoms with E-state index in [4.69, 9.17) is 5.73 Å². The van der Waals surface area contributed by atoms with Crippen molar-refractivity contribution in [1.29, 1.82) is 0 Å². The van der Waals surface area contributed by atoms with Crippen LogP contribution in [0.5, 0.6) is 0 Å². The molecule has 1 fully saturated rings. The average Bonchev–Trinajstić information content (AvgIpc) is 1.89. The van der Waals surface area contributed by atoms with E-state index in [1.54, 1.807) is 0 Å². The highest BCUT2D eigenvalue weighted by atomic mass is 14.6. The standard InChI is InChI=1S/C8H15N/c1-2-7-5-3-4-6-8(7)9/h2,7-8H,1,3-6,9H2/t7-,8-/m0/s1. The van der Waals surface area contributed by atoms with Crippen molar-refractivity contribution >= 4 is 0 Å². The molecule has 0 heterocycles. The van der Waals surface area contributed by atoms with Crippen molar-refractivity contribution in [2.45, 2.75) is 31.7 Å². The van der Waals surface area contributed by atoms with Gasteiger partial charge in [0.15, 0.2) is 0 Å². The predicted molar refractivity (Wildman–Crippen MR) is 40.1 cm³/mol. The zero-order valence-electron chi connectivity index (χ0n) is 5.84. The van der Waals surface area contributed by atoms with Crippen molar-refractivity contribution in [2.75, 3.05) is 0 Å². The molecule has 0 aromatic carbocycles. The van der Waals surface area contributed by atoms with Gasteiger partial charge in [-0.3, -0.25) is 0 Å². The van der Waals surface area contributed by atoms with Gasteiger partial charge in [0.2, 0.25) is 0 Å². The molecular weight excluding hydrogens is 110 g/mol. The lowest BCUT2D eigenvalue weighted by molar-refractivity contribution is 0.362. The molecule has 1 rings (SSSR count). The summed E-state index contributed by atoms with van der Waals surface area (Å²) in [6, 6.07) is 0.399. The smallest absolute Gasteiger partial charge is 0.0102 e. The Bertz CT molecular complexity index is 98.7. The quantitative estimate of drug-likeness (QED) is 0.530. The van der Waals surface area contributed by atoms with Crippen LogP contribution in [0.2, 0.25) is 0 Å². The van der Waals surface area contributed by atoms with Crippen molar-refractivity contribution in [3.05, 3.63) is 12.7 Å². The summed E-state index contributed by atoms with van der Waals surface area (Å²) in [5, 5.41) is 0. The van der Waals surface area contributed by atoms with Gasteiger partial charge in [-0.2, -0.15) is 0 Å². The summed E-state index contributed by atoms with van der Waals surface area (Å²) in [7, 11) is 0. The van der Waals surface area contributed by atoms with Crippen LogP contribution in [0.4, 0.5) is 0 Å². The Hall–Kier alpha value is -0.300. The number of hydrogen-bond donors (Lipinski definition) is 1. The molecule has 0 radical (unpaired) electrons. The van der Waals surface area contributed by atoms with Gasteiger partial charge < -0.3 is 5.73 Å². The molecule has 52 valence electrons. The molecule has 2 atom stereocenters. The molecular formula is C8H15N. The molecule has 1 heteroatoms. The Balaban J connectivity index is 2.38. The third-order valence-electron chi connectivity index (χ3n) is 2.18. The molecule has 0 aromatic heterocycles. The van der Waals surface area contributed by atoms with E-state index in [-0.39, 0.29) is 0 Å². The molecule has 0 unspecified atom stereocenters. The fraction of sp³-hybridized carbons (Fsp3) is 0.750. The van der Waals surface area contributed by atoms with Crippen LogP contribution in [0.15, 0.2) is 12.7 Å². The van der Waals surface area contributed by atoms with Crippen LogP contribution in [-0.4, -0.2) is 6.04 Å². The maximum atomic E-state index is 5.82. The summed E-state index contributed by atoms with van der Waals surface area (Å²) < 4.78 is 0. The van der Waals surface area contributed by atoms with Crippen LogP contribution in [0.3, 0.4) is 0 Å². The fourth-order valence-corrected chi connectivity index (χ4v) is 1.48. The van der Waals surface area contributed by atoms with Gasteiger partial charge in [0, 0.05) is 6.04 Å². The van der Waals surface area contributed by atoms with Gasteiger partial charge in [-0.1, -0.05) is 18.9 Å². The van der Waals surface area contributed by atoms with Gasteiger partial charge in [-0.15, -0.1) is 6.58 Å². The second-order valence-corrected chi connectivity index (χ2v) is 2.85. The monoisotopic (exact) mass is 125 g/mol. The second-order valence-electron chi connectivity index (χ2n) is 2.85. The van der Waals surface area contributed by atoms with Crippen LogP contribution >= 0.6 is 0 Å². The van der Waals surface area contributed by atoms with Gasteiger partial charge >= 0.3 is 0 Å². The van der Waals surface area contributed by atoms with Crippen molar-refractivity contribution in [3.63, 3.8) is 0 Å². The van der Waals surface area contributed by atoms with Gasteiger partial charge in [-0.25, -0.2) is 0 Å². The lowest BCUT2D eigenvalue weighted by atomic mass is 9.85. The Kier molecular flexibility index (Phi) is 2.29. The van der Waals surface area contributed by atoms with Gasteiger partial charge in [0.05, 0.1) is 0 Å². The normalized spacial score (nSPS) is 36.1. The van der Waals surface area contributed by atoms with E-state index in [0.717, 1.165) is 0 Å². The zero-order chi connectivity index (χ0) is 6.69.